The zero-order chi connectivity index (χ0) is 16.8. The largest absolute Gasteiger partial charge is 0.432 e. The number of halogens is 1. The second-order valence-electron chi connectivity index (χ2n) is 7.71. The van der Waals surface area contributed by atoms with Crippen LogP contribution in [0.15, 0.2) is 24.3 Å². The van der Waals surface area contributed by atoms with Crippen LogP contribution in [0.25, 0.3) is 0 Å². The fourth-order valence-corrected chi connectivity index (χ4v) is 4.03. The first-order valence-corrected chi connectivity index (χ1v) is 13.1. The fraction of sp³-hybridized carbons (Fsp3) is 0.684. The zero-order valence-electron chi connectivity index (χ0n) is 15.0. The van der Waals surface area contributed by atoms with E-state index in [-0.39, 0.29) is 5.04 Å². The first-order valence-electron chi connectivity index (χ1n) is 8.58. The predicted molar refractivity (Wildman–Crippen MR) is 109 cm³/mol. The molecule has 1 N–H and O–H groups in total. The van der Waals surface area contributed by atoms with Crippen LogP contribution < -0.4 is 0 Å². The van der Waals surface area contributed by atoms with Gasteiger partial charge in [-0.3, -0.25) is 0 Å². The normalized spacial score (nSPS) is 14.1. The summed E-state index contributed by atoms with van der Waals surface area (Å²) in [5.74, 6) is 0.573. The molecule has 126 valence electrons. The van der Waals surface area contributed by atoms with E-state index in [1.54, 1.807) is 0 Å². The number of alkyl halides is 1. The molecular weight excluding hydrogens is 399 g/mol. The highest BCUT2D eigenvalue weighted by Gasteiger charge is 2.39. The van der Waals surface area contributed by atoms with Crippen molar-refractivity contribution in [1.82, 2.24) is 0 Å². The molecule has 0 fully saturated rings. The van der Waals surface area contributed by atoms with Gasteiger partial charge in [-0.05, 0) is 48.0 Å². The van der Waals surface area contributed by atoms with E-state index >= 15 is 0 Å². The smallest absolute Gasteiger partial charge is 0.188 e. The standard InChI is InChI=1S/C19H33IOSi/c1-6-7-8-9-18(14-19(2,3)22(4,5)21)17-12-10-16(15-20)11-13-17/h10-13,18,21H,6-9,14-15H2,1-5H3. The molecule has 0 saturated carbocycles. The maximum absolute atomic E-state index is 10.6. The minimum Gasteiger partial charge on any atom is -0.432 e. The summed E-state index contributed by atoms with van der Waals surface area (Å²) in [5.41, 5.74) is 2.85. The van der Waals surface area contributed by atoms with Gasteiger partial charge < -0.3 is 4.80 Å². The highest BCUT2D eigenvalue weighted by molar-refractivity contribution is 14.1. The minimum absolute atomic E-state index is 0.0474. The van der Waals surface area contributed by atoms with Crippen molar-refractivity contribution in [2.75, 3.05) is 0 Å². The Bertz CT molecular complexity index is 434. The maximum Gasteiger partial charge on any atom is 0.188 e. The Hall–Kier alpha value is 0.127. The van der Waals surface area contributed by atoms with Gasteiger partial charge in [0.25, 0.3) is 0 Å². The van der Waals surface area contributed by atoms with Crippen molar-refractivity contribution >= 4 is 30.9 Å². The van der Waals surface area contributed by atoms with Gasteiger partial charge in [0.05, 0.1) is 0 Å². The SMILES string of the molecule is CCCCCC(CC(C)(C)[Si](C)(C)O)c1ccc(CI)cc1. The molecule has 1 atom stereocenters. The van der Waals surface area contributed by atoms with Crippen LogP contribution in [-0.4, -0.2) is 13.1 Å². The summed E-state index contributed by atoms with van der Waals surface area (Å²) in [5, 5.41) is 0.0474. The van der Waals surface area contributed by atoms with Gasteiger partial charge in [-0.1, -0.05) is 86.9 Å². The van der Waals surface area contributed by atoms with Crippen molar-refractivity contribution in [3.63, 3.8) is 0 Å². The Morgan fingerprint density at radius 2 is 1.73 bits per heavy atom. The fourth-order valence-electron chi connectivity index (χ4n) is 2.77. The van der Waals surface area contributed by atoms with E-state index < -0.39 is 8.32 Å². The van der Waals surface area contributed by atoms with Gasteiger partial charge >= 0.3 is 0 Å². The van der Waals surface area contributed by atoms with Gasteiger partial charge in [-0.25, -0.2) is 0 Å². The quantitative estimate of drug-likeness (QED) is 0.200. The topological polar surface area (TPSA) is 20.2 Å². The lowest BCUT2D eigenvalue weighted by Crippen LogP contribution is -2.39. The van der Waals surface area contributed by atoms with E-state index in [2.05, 4.69) is 80.7 Å². The average Bonchev–Trinajstić information content (AvgIpc) is 2.45. The molecule has 3 heteroatoms. The van der Waals surface area contributed by atoms with E-state index in [0.717, 1.165) is 10.8 Å². The number of hydrogen-bond donors (Lipinski definition) is 1. The van der Waals surface area contributed by atoms with Crippen LogP contribution in [0.3, 0.4) is 0 Å². The van der Waals surface area contributed by atoms with Gasteiger partial charge in [0.2, 0.25) is 0 Å². The van der Waals surface area contributed by atoms with E-state index in [4.69, 9.17) is 0 Å². The van der Waals surface area contributed by atoms with Crippen molar-refractivity contribution in [3.8, 4) is 0 Å². The first kappa shape index (κ1) is 20.2. The average molecular weight is 432 g/mol. The van der Waals surface area contributed by atoms with Gasteiger partial charge in [-0.15, -0.1) is 0 Å². The lowest BCUT2D eigenvalue weighted by molar-refractivity contribution is 0.406. The molecular formula is C19H33IOSi. The predicted octanol–water partition coefficient (Wildman–Crippen LogP) is 6.65. The van der Waals surface area contributed by atoms with Gasteiger partial charge in [-0.2, -0.15) is 0 Å². The number of unbranched alkanes of at least 4 members (excludes halogenated alkanes) is 2. The van der Waals surface area contributed by atoms with Crippen LogP contribution in [-0.2, 0) is 4.43 Å². The molecule has 0 spiro atoms. The molecule has 0 aliphatic carbocycles. The molecule has 0 amide bonds. The van der Waals surface area contributed by atoms with Crippen LogP contribution in [0.4, 0.5) is 0 Å². The molecule has 0 heterocycles. The van der Waals surface area contributed by atoms with Crippen LogP contribution in [0.1, 0.15) is 69.9 Å². The molecule has 1 aromatic carbocycles. The molecule has 0 bridgehead atoms. The van der Waals surface area contributed by atoms with Crippen molar-refractivity contribution in [3.05, 3.63) is 35.4 Å². The van der Waals surface area contributed by atoms with Gasteiger partial charge in [0.1, 0.15) is 0 Å². The third-order valence-electron chi connectivity index (χ3n) is 5.17. The molecule has 0 radical (unpaired) electrons. The molecule has 0 aliphatic heterocycles. The molecule has 0 saturated heterocycles. The third kappa shape index (κ3) is 5.97. The summed E-state index contributed by atoms with van der Waals surface area (Å²) in [6.07, 6.45) is 6.20. The minimum atomic E-state index is -2.15. The number of benzene rings is 1. The zero-order valence-corrected chi connectivity index (χ0v) is 18.1. The Morgan fingerprint density at radius 3 is 2.18 bits per heavy atom. The number of rotatable bonds is 9. The molecule has 0 aromatic heterocycles. The van der Waals surface area contributed by atoms with Crippen LogP contribution in [0.2, 0.25) is 18.1 Å². The van der Waals surface area contributed by atoms with Crippen molar-refractivity contribution in [2.24, 2.45) is 0 Å². The van der Waals surface area contributed by atoms with E-state index in [9.17, 15) is 4.80 Å². The number of hydrogen-bond acceptors (Lipinski definition) is 1. The van der Waals surface area contributed by atoms with Crippen molar-refractivity contribution < 1.29 is 4.80 Å². The third-order valence-corrected chi connectivity index (χ3v) is 9.57. The summed E-state index contributed by atoms with van der Waals surface area (Å²) in [7, 11) is -2.15. The van der Waals surface area contributed by atoms with Crippen molar-refractivity contribution in [2.45, 2.75) is 81.4 Å². The monoisotopic (exact) mass is 432 g/mol. The summed E-state index contributed by atoms with van der Waals surface area (Å²) in [6.45, 7) is 10.9. The second-order valence-corrected chi connectivity index (χ2v) is 12.9. The summed E-state index contributed by atoms with van der Waals surface area (Å²) in [6, 6.07) is 9.16. The Morgan fingerprint density at radius 1 is 1.14 bits per heavy atom. The van der Waals surface area contributed by atoms with Crippen LogP contribution >= 0.6 is 22.6 Å². The molecule has 1 aromatic rings. The van der Waals surface area contributed by atoms with E-state index in [0.29, 0.717) is 5.92 Å². The van der Waals surface area contributed by atoms with Crippen LogP contribution in [0, 0.1) is 0 Å². The summed E-state index contributed by atoms with van der Waals surface area (Å²) < 4.78 is 1.07. The van der Waals surface area contributed by atoms with Gasteiger partial charge in [0, 0.05) is 4.43 Å². The Kier molecular flexibility index (Phi) is 8.10. The molecule has 22 heavy (non-hydrogen) atoms. The Labute approximate surface area is 152 Å². The Balaban J connectivity index is 2.91. The highest BCUT2D eigenvalue weighted by Crippen LogP contribution is 2.45. The molecule has 1 rings (SSSR count). The maximum atomic E-state index is 10.6. The lowest BCUT2D eigenvalue weighted by Gasteiger charge is -2.38. The van der Waals surface area contributed by atoms with E-state index in [1.165, 1.54) is 36.8 Å². The van der Waals surface area contributed by atoms with Crippen molar-refractivity contribution in [1.29, 1.82) is 0 Å². The van der Waals surface area contributed by atoms with Crippen LogP contribution in [0.5, 0.6) is 0 Å². The molecule has 1 unspecified atom stereocenters. The summed E-state index contributed by atoms with van der Waals surface area (Å²) in [4.78, 5) is 10.6. The lowest BCUT2D eigenvalue weighted by atomic mass is 9.85. The molecule has 1 nitrogen and oxygen atoms in total. The second kappa shape index (κ2) is 8.83. The van der Waals surface area contributed by atoms with E-state index in [1.807, 2.05) is 0 Å². The van der Waals surface area contributed by atoms with Gasteiger partial charge in [0.15, 0.2) is 8.32 Å². The summed E-state index contributed by atoms with van der Waals surface area (Å²) >= 11 is 2.42. The highest BCUT2D eigenvalue weighted by atomic mass is 127. The first-order chi connectivity index (χ1) is 10.2. The molecule has 0 aliphatic rings.